The van der Waals surface area contributed by atoms with Crippen LogP contribution in [-0.4, -0.2) is 18.1 Å². The summed E-state index contributed by atoms with van der Waals surface area (Å²) in [5.41, 5.74) is 1.45. The van der Waals surface area contributed by atoms with Gasteiger partial charge in [-0.05, 0) is 55.3 Å². The zero-order valence-corrected chi connectivity index (χ0v) is 12.4. The molecule has 0 radical (unpaired) electrons. The van der Waals surface area contributed by atoms with Crippen molar-refractivity contribution in [1.82, 2.24) is 10.3 Å². The summed E-state index contributed by atoms with van der Waals surface area (Å²) in [4.78, 5) is 4.33. The summed E-state index contributed by atoms with van der Waals surface area (Å²) in [6.07, 6.45) is 10.8. The van der Waals surface area contributed by atoms with Gasteiger partial charge in [0.2, 0.25) is 0 Å². The van der Waals surface area contributed by atoms with Gasteiger partial charge in [0.25, 0.3) is 0 Å². The van der Waals surface area contributed by atoms with E-state index in [1.165, 1.54) is 37.7 Å². The minimum atomic E-state index is 0.707. The highest BCUT2D eigenvalue weighted by atomic mass is 14.8. The lowest BCUT2D eigenvalue weighted by Gasteiger charge is -2.36. The summed E-state index contributed by atoms with van der Waals surface area (Å²) in [6.45, 7) is 6.75. The average molecular weight is 260 g/mol. The van der Waals surface area contributed by atoms with E-state index >= 15 is 0 Å². The van der Waals surface area contributed by atoms with Crippen molar-refractivity contribution >= 4 is 0 Å². The molecule has 0 bridgehead atoms. The summed E-state index contributed by atoms with van der Waals surface area (Å²) < 4.78 is 0. The lowest BCUT2D eigenvalue weighted by atomic mass is 9.70. The molecule has 1 aliphatic rings. The predicted octanol–water partition coefficient (Wildman–Crippen LogP) is 3.99. The van der Waals surface area contributed by atoms with Gasteiger partial charge in [-0.25, -0.2) is 0 Å². The molecule has 1 heterocycles. The van der Waals surface area contributed by atoms with Crippen molar-refractivity contribution in [2.75, 3.05) is 13.1 Å². The third-order valence-electron chi connectivity index (χ3n) is 4.57. The van der Waals surface area contributed by atoms with Gasteiger partial charge in [0.1, 0.15) is 0 Å². The summed E-state index contributed by atoms with van der Waals surface area (Å²) in [5, 5.41) is 3.54. The molecule has 106 valence electrons. The Hall–Kier alpha value is -0.890. The van der Waals surface area contributed by atoms with E-state index in [4.69, 9.17) is 0 Å². The molecule has 1 aliphatic carbocycles. The van der Waals surface area contributed by atoms with Crippen LogP contribution in [0.15, 0.2) is 24.5 Å². The van der Waals surface area contributed by atoms with Crippen LogP contribution in [0, 0.1) is 11.8 Å². The van der Waals surface area contributed by atoms with Crippen LogP contribution in [0.2, 0.25) is 0 Å². The zero-order chi connectivity index (χ0) is 13.5. The smallest absolute Gasteiger partial charge is 0.0302 e. The Bertz CT molecular complexity index is 350. The predicted molar refractivity (Wildman–Crippen MR) is 81.3 cm³/mol. The topological polar surface area (TPSA) is 24.9 Å². The van der Waals surface area contributed by atoms with Gasteiger partial charge in [0, 0.05) is 12.4 Å². The molecular formula is C17H28N2. The minimum Gasteiger partial charge on any atom is -0.317 e. The van der Waals surface area contributed by atoms with Gasteiger partial charge in [0.05, 0.1) is 0 Å². The number of aromatic nitrogens is 1. The molecule has 0 spiro atoms. The Balaban J connectivity index is 2.06. The SMILES string of the molecule is CCCC1CCC(CNCC)C(c2cccnc2)C1. The van der Waals surface area contributed by atoms with Crippen LogP contribution in [0.5, 0.6) is 0 Å². The first kappa shape index (κ1) is 14.5. The Morgan fingerprint density at radius 3 is 2.89 bits per heavy atom. The lowest BCUT2D eigenvalue weighted by molar-refractivity contribution is 0.221. The Kier molecular flexibility index (Phi) is 5.84. The fraction of sp³-hybridized carbons (Fsp3) is 0.706. The second-order valence-electron chi connectivity index (χ2n) is 5.93. The van der Waals surface area contributed by atoms with E-state index in [0.29, 0.717) is 5.92 Å². The zero-order valence-electron chi connectivity index (χ0n) is 12.4. The molecule has 1 fully saturated rings. The number of nitrogens with one attached hydrogen (secondary N) is 1. The number of nitrogens with zero attached hydrogens (tertiary/aromatic N) is 1. The van der Waals surface area contributed by atoms with Gasteiger partial charge in [-0.1, -0.05) is 39.2 Å². The van der Waals surface area contributed by atoms with Crippen LogP contribution in [-0.2, 0) is 0 Å². The lowest BCUT2D eigenvalue weighted by Crippen LogP contribution is -2.32. The summed E-state index contributed by atoms with van der Waals surface area (Å²) in [5.74, 6) is 2.42. The first-order valence-corrected chi connectivity index (χ1v) is 7.95. The number of hydrogen-bond acceptors (Lipinski definition) is 2. The van der Waals surface area contributed by atoms with E-state index in [9.17, 15) is 0 Å². The number of rotatable bonds is 6. The van der Waals surface area contributed by atoms with Crippen LogP contribution in [0.1, 0.15) is 57.4 Å². The van der Waals surface area contributed by atoms with E-state index in [0.717, 1.165) is 24.9 Å². The van der Waals surface area contributed by atoms with Gasteiger partial charge < -0.3 is 5.32 Å². The van der Waals surface area contributed by atoms with Gasteiger partial charge in [-0.3, -0.25) is 4.98 Å². The van der Waals surface area contributed by atoms with Crippen molar-refractivity contribution in [2.24, 2.45) is 11.8 Å². The van der Waals surface area contributed by atoms with Crippen molar-refractivity contribution in [3.8, 4) is 0 Å². The van der Waals surface area contributed by atoms with E-state index < -0.39 is 0 Å². The molecule has 1 aromatic rings. The largest absolute Gasteiger partial charge is 0.317 e. The normalized spacial score (nSPS) is 27.4. The van der Waals surface area contributed by atoms with E-state index in [2.05, 4.69) is 42.5 Å². The van der Waals surface area contributed by atoms with Gasteiger partial charge in [0.15, 0.2) is 0 Å². The van der Waals surface area contributed by atoms with Gasteiger partial charge >= 0.3 is 0 Å². The molecule has 3 atom stereocenters. The van der Waals surface area contributed by atoms with Gasteiger partial charge in [-0.15, -0.1) is 0 Å². The standard InChI is InChI=1S/C17H28N2/c1-3-6-14-8-9-16(12-18-4-2)17(11-14)15-7-5-10-19-13-15/h5,7,10,13-14,16-18H,3-4,6,8-9,11-12H2,1-2H3. The third kappa shape index (κ3) is 4.04. The molecule has 2 rings (SSSR count). The van der Waals surface area contributed by atoms with E-state index in [-0.39, 0.29) is 0 Å². The molecular weight excluding hydrogens is 232 g/mol. The Labute approximate surface area is 118 Å². The first-order valence-electron chi connectivity index (χ1n) is 7.95. The van der Waals surface area contributed by atoms with Crippen molar-refractivity contribution in [3.63, 3.8) is 0 Å². The third-order valence-corrected chi connectivity index (χ3v) is 4.57. The molecule has 1 saturated carbocycles. The monoisotopic (exact) mass is 260 g/mol. The second kappa shape index (κ2) is 7.64. The molecule has 2 heteroatoms. The molecule has 2 nitrogen and oxygen atoms in total. The second-order valence-corrected chi connectivity index (χ2v) is 5.93. The maximum Gasteiger partial charge on any atom is 0.0302 e. The van der Waals surface area contributed by atoms with E-state index in [1.54, 1.807) is 0 Å². The highest BCUT2D eigenvalue weighted by molar-refractivity contribution is 5.17. The van der Waals surface area contributed by atoms with Crippen LogP contribution in [0.25, 0.3) is 0 Å². The maximum absolute atomic E-state index is 4.33. The summed E-state index contributed by atoms with van der Waals surface area (Å²) in [6, 6.07) is 4.36. The fourth-order valence-electron chi connectivity index (χ4n) is 3.57. The van der Waals surface area contributed by atoms with Crippen molar-refractivity contribution in [1.29, 1.82) is 0 Å². The summed E-state index contributed by atoms with van der Waals surface area (Å²) >= 11 is 0. The molecule has 1 aromatic heterocycles. The van der Waals surface area contributed by atoms with Crippen LogP contribution < -0.4 is 5.32 Å². The molecule has 3 unspecified atom stereocenters. The van der Waals surface area contributed by atoms with E-state index in [1.807, 2.05) is 6.20 Å². The van der Waals surface area contributed by atoms with Crippen LogP contribution in [0.3, 0.4) is 0 Å². The Morgan fingerprint density at radius 1 is 1.32 bits per heavy atom. The molecule has 0 aromatic carbocycles. The summed E-state index contributed by atoms with van der Waals surface area (Å²) in [7, 11) is 0. The van der Waals surface area contributed by atoms with Crippen molar-refractivity contribution < 1.29 is 0 Å². The molecule has 0 aliphatic heterocycles. The fourth-order valence-corrected chi connectivity index (χ4v) is 3.57. The first-order chi connectivity index (χ1) is 9.35. The molecule has 0 amide bonds. The van der Waals surface area contributed by atoms with Crippen molar-refractivity contribution in [2.45, 2.75) is 51.9 Å². The van der Waals surface area contributed by atoms with Crippen LogP contribution >= 0.6 is 0 Å². The van der Waals surface area contributed by atoms with Crippen molar-refractivity contribution in [3.05, 3.63) is 30.1 Å². The molecule has 0 saturated heterocycles. The quantitative estimate of drug-likeness (QED) is 0.836. The number of pyridine rings is 1. The number of hydrogen-bond donors (Lipinski definition) is 1. The van der Waals surface area contributed by atoms with Crippen LogP contribution in [0.4, 0.5) is 0 Å². The van der Waals surface area contributed by atoms with Gasteiger partial charge in [-0.2, -0.15) is 0 Å². The minimum absolute atomic E-state index is 0.707. The maximum atomic E-state index is 4.33. The average Bonchev–Trinajstić information content (AvgIpc) is 2.47. The Morgan fingerprint density at radius 2 is 2.21 bits per heavy atom. The molecule has 19 heavy (non-hydrogen) atoms. The highest BCUT2D eigenvalue weighted by Gasteiger charge is 2.30. The highest BCUT2D eigenvalue weighted by Crippen LogP contribution is 2.41. The molecule has 1 N–H and O–H groups in total.